The molecule has 0 bridgehead atoms. The molecule has 0 aromatic carbocycles. The number of hydrogen-bond acceptors (Lipinski definition) is 3. The van der Waals surface area contributed by atoms with Crippen molar-refractivity contribution < 1.29 is 4.39 Å². The fraction of sp³-hybridized carbons (Fsp3) is 1.00. The van der Waals surface area contributed by atoms with Gasteiger partial charge < -0.3 is 5.32 Å². The summed E-state index contributed by atoms with van der Waals surface area (Å²) in [4.78, 5) is 4.80. The van der Waals surface area contributed by atoms with Gasteiger partial charge in [0.05, 0.1) is 6.04 Å². The Kier molecular flexibility index (Phi) is 4.29. The molecule has 0 aliphatic carbocycles. The molecule has 2 saturated heterocycles. The smallest absolute Gasteiger partial charge is 0.118 e. The Morgan fingerprint density at radius 3 is 2.39 bits per heavy atom. The number of alkyl halides is 1. The molecule has 106 valence electrons. The van der Waals surface area contributed by atoms with Crippen molar-refractivity contribution in [1.82, 2.24) is 15.1 Å². The third-order valence-electron chi connectivity index (χ3n) is 4.25. The molecule has 18 heavy (non-hydrogen) atoms. The van der Waals surface area contributed by atoms with Gasteiger partial charge >= 0.3 is 0 Å². The number of hydrogen-bond donors (Lipinski definition) is 1. The predicted octanol–water partition coefficient (Wildman–Crippen LogP) is 1.49. The first-order chi connectivity index (χ1) is 8.39. The van der Waals surface area contributed by atoms with Crippen LogP contribution in [0.5, 0.6) is 0 Å². The summed E-state index contributed by atoms with van der Waals surface area (Å²) in [5, 5.41) is 3.35. The molecule has 0 aromatic rings. The van der Waals surface area contributed by atoms with Gasteiger partial charge in [0.1, 0.15) is 6.17 Å². The molecule has 0 radical (unpaired) electrons. The zero-order valence-corrected chi connectivity index (χ0v) is 12.2. The molecule has 1 unspecified atom stereocenters. The third kappa shape index (κ3) is 3.03. The number of likely N-dealkylation sites (tertiary alicyclic amines) is 1. The van der Waals surface area contributed by atoms with E-state index in [1.807, 2.05) is 0 Å². The second-order valence-corrected chi connectivity index (χ2v) is 6.80. The molecular formula is C14H28FN3. The van der Waals surface area contributed by atoms with Crippen LogP contribution < -0.4 is 5.32 Å². The van der Waals surface area contributed by atoms with Crippen molar-refractivity contribution in [1.29, 1.82) is 0 Å². The van der Waals surface area contributed by atoms with E-state index in [9.17, 15) is 4.39 Å². The van der Waals surface area contributed by atoms with Crippen molar-refractivity contribution in [2.75, 3.05) is 32.7 Å². The molecular weight excluding hydrogens is 229 g/mol. The normalized spacial score (nSPS) is 36.2. The van der Waals surface area contributed by atoms with Crippen LogP contribution in [0.3, 0.4) is 0 Å². The van der Waals surface area contributed by atoms with Crippen molar-refractivity contribution in [3.63, 3.8) is 0 Å². The third-order valence-corrected chi connectivity index (χ3v) is 4.25. The highest BCUT2D eigenvalue weighted by Crippen LogP contribution is 2.34. The summed E-state index contributed by atoms with van der Waals surface area (Å²) in [5.41, 5.74) is 0.0545. The van der Waals surface area contributed by atoms with Gasteiger partial charge in [0.2, 0.25) is 0 Å². The zero-order valence-electron chi connectivity index (χ0n) is 12.2. The lowest BCUT2D eigenvalue weighted by atomic mass is 10.0. The SMILES string of the molecule is C[C@@H]1C[C@@H](F)C(CN2CCNCC2)N1C(C)(C)C. The molecule has 0 saturated carbocycles. The van der Waals surface area contributed by atoms with Gasteiger partial charge in [-0.3, -0.25) is 9.80 Å². The number of nitrogens with zero attached hydrogens (tertiary/aromatic N) is 2. The van der Waals surface area contributed by atoms with Crippen molar-refractivity contribution >= 4 is 0 Å². The monoisotopic (exact) mass is 257 g/mol. The molecule has 2 rings (SSSR count). The van der Waals surface area contributed by atoms with Crippen LogP contribution >= 0.6 is 0 Å². The van der Waals surface area contributed by atoms with Gasteiger partial charge in [-0.2, -0.15) is 0 Å². The summed E-state index contributed by atoms with van der Waals surface area (Å²) in [7, 11) is 0. The minimum Gasteiger partial charge on any atom is -0.314 e. The molecule has 0 spiro atoms. The van der Waals surface area contributed by atoms with Crippen molar-refractivity contribution in [2.45, 2.75) is 57.9 Å². The van der Waals surface area contributed by atoms with Crippen LogP contribution in [0, 0.1) is 0 Å². The highest BCUT2D eigenvalue weighted by Gasteiger charge is 2.44. The predicted molar refractivity (Wildman–Crippen MR) is 73.7 cm³/mol. The first-order valence-electron chi connectivity index (χ1n) is 7.25. The lowest BCUT2D eigenvalue weighted by molar-refractivity contribution is 0.0429. The standard InChI is InChI=1S/C14H28FN3/c1-11-9-12(15)13(18(11)14(2,3)4)10-17-7-5-16-6-8-17/h11-13,16H,5-10H2,1-4H3/t11-,12-,13?/m1/s1. The summed E-state index contributed by atoms with van der Waals surface area (Å²) in [5.74, 6) is 0. The zero-order chi connectivity index (χ0) is 13.3. The molecule has 1 N–H and O–H groups in total. The quantitative estimate of drug-likeness (QED) is 0.808. The Bertz CT molecular complexity index is 271. The molecule has 0 amide bonds. The maximum atomic E-state index is 14.3. The van der Waals surface area contributed by atoms with Gasteiger partial charge in [-0.05, 0) is 34.1 Å². The van der Waals surface area contributed by atoms with E-state index >= 15 is 0 Å². The first-order valence-corrected chi connectivity index (χ1v) is 7.25. The lowest BCUT2D eigenvalue weighted by Gasteiger charge is -2.42. The number of nitrogens with one attached hydrogen (secondary N) is 1. The highest BCUT2D eigenvalue weighted by molar-refractivity contribution is 4.99. The second-order valence-electron chi connectivity index (χ2n) is 6.80. The maximum absolute atomic E-state index is 14.3. The molecule has 4 heteroatoms. The highest BCUT2D eigenvalue weighted by atomic mass is 19.1. The Morgan fingerprint density at radius 2 is 1.83 bits per heavy atom. The Morgan fingerprint density at radius 1 is 1.22 bits per heavy atom. The molecule has 2 heterocycles. The van der Waals surface area contributed by atoms with Gasteiger partial charge in [0.15, 0.2) is 0 Å². The molecule has 2 aliphatic heterocycles. The van der Waals surface area contributed by atoms with Crippen LogP contribution in [0.2, 0.25) is 0 Å². The van der Waals surface area contributed by atoms with Gasteiger partial charge in [-0.15, -0.1) is 0 Å². The summed E-state index contributed by atoms with van der Waals surface area (Å²) in [6, 6.07) is 0.422. The largest absolute Gasteiger partial charge is 0.314 e. The number of rotatable bonds is 2. The van der Waals surface area contributed by atoms with Crippen LogP contribution in [0.4, 0.5) is 4.39 Å². The summed E-state index contributed by atoms with van der Waals surface area (Å²) in [6.45, 7) is 13.8. The molecule has 3 atom stereocenters. The van der Waals surface area contributed by atoms with Crippen LogP contribution in [0.25, 0.3) is 0 Å². The van der Waals surface area contributed by atoms with Gasteiger partial charge in [-0.1, -0.05) is 0 Å². The van der Waals surface area contributed by atoms with Crippen molar-refractivity contribution in [2.24, 2.45) is 0 Å². The van der Waals surface area contributed by atoms with Crippen molar-refractivity contribution in [3.05, 3.63) is 0 Å². The van der Waals surface area contributed by atoms with E-state index in [1.54, 1.807) is 0 Å². The van der Waals surface area contributed by atoms with Crippen LogP contribution in [0.1, 0.15) is 34.1 Å². The number of halogens is 1. The van der Waals surface area contributed by atoms with E-state index in [2.05, 4.69) is 42.8 Å². The molecule has 3 nitrogen and oxygen atoms in total. The molecule has 2 fully saturated rings. The minimum absolute atomic E-state index is 0.0545. The van der Waals surface area contributed by atoms with Gasteiger partial charge in [0.25, 0.3) is 0 Å². The fourth-order valence-corrected chi connectivity index (χ4v) is 3.62. The van der Waals surface area contributed by atoms with E-state index in [1.165, 1.54) is 0 Å². The van der Waals surface area contributed by atoms with Crippen LogP contribution in [0.15, 0.2) is 0 Å². The van der Waals surface area contributed by atoms with Crippen molar-refractivity contribution in [3.8, 4) is 0 Å². The Labute approximate surface area is 111 Å². The molecule has 0 aromatic heterocycles. The fourth-order valence-electron chi connectivity index (χ4n) is 3.62. The maximum Gasteiger partial charge on any atom is 0.118 e. The van der Waals surface area contributed by atoms with Gasteiger partial charge in [0, 0.05) is 44.3 Å². The average Bonchev–Trinajstić information content (AvgIpc) is 2.54. The van der Waals surface area contributed by atoms with E-state index in [-0.39, 0.29) is 11.6 Å². The van der Waals surface area contributed by atoms with Crippen LogP contribution in [-0.4, -0.2) is 66.3 Å². The Balaban J connectivity index is 2.03. The molecule has 2 aliphatic rings. The lowest BCUT2D eigenvalue weighted by Crippen LogP contribution is -2.55. The van der Waals surface area contributed by atoms with Crippen LogP contribution in [-0.2, 0) is 0 Å². The summed E-state index contributed by atoms with van der Waals surface area (Å²) >= 11 is 0. The second kappa shape index (κ2) is 5.43. The summed E-state index contributed by atoms with van der Waals surface area (Å²) < 4.78 is 14.3. The van der Waals surface area contributed by atoms with Gasteiger partial charge in [-0.25, -0.2) is 4.39 Å². The summed E-state index contributed by atoms with van der Waals surface area (Å²) in [6.07, 6.45) is 0.0164. The Hall–Kier alpha value is -0.190. The van der Waals surface area contributed by atoms with E-state index < -0.39 is 6.17 Å². The average molecular weight is 257 g/mol. The number of piperazine rings is 1. The minimum atomic E-state index is -0.672. The van der Waals surface area contributed by atoms with E-state index in [4.69, 9.17) is 0 Å². The van der Waals surface area contributed by atoms with E-state index in [0.29, 0.717) is 12.5 Å². The first kappa shape index (κ1) is 14.2. The topological polar surface area (TPSA) is 18.5 Å². The van der Waals surface area contributed by atoms with E-state index in [0.717, 1.165) is 32.7 Å².